The molecule has 140 valence electrons. The van der Waals surface area contributed by atoms with Gasteiger partial charge in [-0.15, -0.1) is 21.5 Å². The number of thioether (sulfide) groups is 1. The monoisotopic (exact) mass is 399 g/mol. The van der Waals surface area contributed by atoms with E-state index in [0.29, 0.717) is 23.6 Å². The Kier molecular flexibility index (Phi) is 5.01. The lowest BCUT2D eigenvalue weighted by molar-refractivity contribution is 0.512. The van der Waals surface area contributed by atoms with Crippen molar-refractivity contribution in [1.29, 1.82) is 0 Å². The predicted octanol–water partition coefficient (Wildman–Crippen LogP) is 4.15. The molecule has 4 rings (SSSR count). The van der Waals surface area contributed by atoms with Crippen LogP contribution in [0, 0.1) is 12.8 Å². The van der Waals surface area contributed by atoms with Crippen LogP contribution in [0.1, 0.15) is 31.0 Å². The van der Waals surface area contributed by atoms with E-state index in [9.17, 15) is 4.79 Å². The van der Waals surface area contributed by atoms with Crippen molar-refractivity contribution in [2.24, 2.45) is 5.92 Å². The topological polar surface area (TPSA) is 65.1 Å². The maximum atomic E-state index is 13.0. The van der Waals surface area contributed by atoms with Crippen molar-refractivity contribution in [2.75, 3.05) is 0 Å². The normalized spacial score (nSPS) is 11.9. The molecule has 8 heteroatoms. The molecule has 6 nitrogen and oxygen atoms in total. The molecule has 3 aromatic heterocycles. The summed E-state index contributed by atoms with van der Waals surface area (Å²) in [5.74, 6) is 1.84. The van der Waals surface area contributed by atoms with Crippen molar-refractivity contribution >= 4 is 39.8 Å². The Morgan fingerprint density at radius 2 is 2.04 bits per heavy atom. The number of aromatic nitrogens is 5. The molecule has 0 aliphatic carbocycles. The Morgan fingerprint density at radius 1 is 1.22 bits per heavy atom. The zero-order chi connectivity index (χ0) is 19.0. The Balaban J connectivity index is 1.82. The van der Waals surface area contributed by atoms with Crippen molar-refractivity contribution in [1.82, 2.24) is 24.1 Å². The molecule has 0 aliphatic rings. The zero-order valence-corrected chi connectivity index (χ0v) is 17.2. The summed E-state index contributed by atoms with van der Waals surface area (Å²) < 4.78 is 3.76. The number of fused-ring (bicyclic) bond motifs is 3. The van der Waals surface area contributed by atoms with Gasteiger partial charge >= 0.3 is 0 Å². The summed E-state index contributed by atoms with van der Waals surface area (Å²) in [6.07, 6.45) is 0.918. The SMILES string of the molecule is Cc1nc(CSc2nnc3n(CCC(C)C)c(=O)c4ccccc4n23)cs1. The summed E-state index contributed by atoms with van der Waals surface area (Å²) in [4.78, 5) is 17.5. The van der Waals surface area contributed by atoms with E-state index >= 15 is 0 Å². The van der Waals surface area contributed by atoms with Gasteiger partial charge in [-0.3, -0.25) is 13.8 Å². The summed E-state index contributed by atoms with van der Waals surface area (Å²) in [7, 11) is 0. The first kappa shape index (κ1) is 18.2. The van der Waals surface area contributed by atoms with Gasteiger partial charge in [0.1, 0.15) is 0 Å². The first-order valence-corrected chi connectivity index (χ1v) is 10.8. The van der Waals surface area contributed by atoms with Crippen molar-refractivity contribution in [3.63, 3.8) is 0 Å². The van der Waals surface area contributed by atoms with E-state index in [-0.39, 0.29) is 5.56 Å². The number of thiazole rings is 1. The summed E-state index contributed by atoms with van der Waals surface area (Å²) in [6, 6.07) is 7.67. The Hall–Kier alpha value is -2.19. The van der Waals surface area contributed by atoms with Crippen LogP contribution in [-0.2, 0) is 12.3 Å². The molecule has 27 heavy (non-hydrogen) atoms. The van der Waals surface area contributed by atoms with Crippen LogP contribution in [0.15, 0.2) is 39.6 Å². The minimum absolute atomic E-state index is 0.00201. The van der Waals surface area contributed by atoms with E-state index in [1.54, 1.807) is 27.7 Å². The fraction of sp³-hybridized carbons (Fsp3) is 0.368. The Morgan fingerprint density at radius 3 is 2.78 bits per heavy atom. The van der Waals surface area contributed by atoms with Gasteiger partial charge in [0.2, 0.25) is 5.78 Å². The van der Waals surface area contributed by atoms with Crippen molar-refractivity contribution in [2.45, 2.75) is 44.6 Å². The smallest absolute Gasteiger partial charge is 0.262 e. The van der Waals surface area contributed by atoms with Crippen molar-refractivity contribution < 1.29 is 0 Å². The van der Waals surface area contributed by atoms with Crippen LogP contribution in [0.25, 0.3) is 16.7 Å². The largest absolute Gasteiger partial charge is 0.276 e. The van der Waals surface area contributed by atoms with Crippen LogP contribution in [0.2, 0.25) is 0 Å². The van der Waals surface area contributed by atoms with Gasteiger partial charge in [-0.25, -0.2) is 4.98 Å². The number of rotatable bonds is 6. The average Bonchev–Trinajstić information content (AvgIpc) is 3.26. The second-order valence-electron chi connectivity index (χ2n) is 6.92. The second kappa shape index (κ2) is 7.44. The number of aryl methyl sites for hydroxylation is 2. The fourth-order valence-electron chi connectivity index (χ4n) is 3.03. The lowest BCUT2D eigenvalue weighted by atomic mass is 10.1. The maximum absolute atomic E-state index is 13.0. The number of hydrogen-bond donors (Lipinski definition) is 0. The quantitative estimate of drug-likeness (QED) is 0.456. The molecule has 0 N–H and O–H groups in total. The van der Waals surface area contributed by atoms with Crippen LogP contribution in [0.4, 0.5) is 0 Å². The van der Waals surface area contributed by atoms with E-state index in [1.165, 1.54) is 0 Å². The predicted molar refractivity (Wildman–Crippen MR) is 111 cm³/mol. The fourth-order valence-corrected chi connectivity index (χ4v) is 4.58. The first-order valence-electron chi connectivity index (χ1n) is 8.95. The summed E-state index contributed by atoms with van der Waals surface area (Å²) in [6.45, 7) is 6.96. The second-order valence-corrected chi connectivity index (χ2v) is 8.93. The highest BCUT2D eigenvalue weighted by molar-refractivity contribution is 7.98. The molecule has 0 aliphatic heterocycles. The molecule has 4 aromatic rings. The lowest BCUT2D eigenvalue weighted by Crippen LogP contribution is -2.24. The third-order valence-electron chi connectivity index (χ3n) is 4.42. The lowest BCUT2D eigenvalue weighted by Gasteiger charge is -2.12. The first-order chi connectivity index (χ1) is 13.0. The molecule has 0 fully saturated rings. The molecule has 0 bridgehead atoms. The van der Waals surface area contributed by atoms with Gasteiger partial charge < -0.3 is 0 Å². The molecule has 0 amide bonds. The van der Waals surface area contributed by atoms with Gasteiger partial charge in [-0.1, -0.05) is 37.7 Å². The van der Waals surface area contributed by atoms with Gasteiger partial charge in [-0.05, 0) is 31.4 Å². The minimum atomic E-state index is -0.00201. The molecule has 0 unspecified atom stereocenters. The molecule has 0 atom stereocenters. The third kappa shape index (κ3) is 3.51. The zero-order valence-electron chi connectivity index (χ0n) is 15.5. The maximum Gasteiger partial charge on any atom is 0.262 e. The van der Waals surface area contributed by atoms with E-state index in [0.717, 1.165) is 33.5 Å². The Bertz CT molecular complexity index is 1160. The number of nitrogens with zero attached hydrogens (tertiary/aromatic N) is 5. The molecule has 1 aromatic carbocycles. The van der Waals surface area contributed by atoms with Crippen LogP contribution in [0.5, 0.6) is 0 Å². The highest BCUT2D eigenvalue weighted by Gasteiger charge is 2.17. The molecule has 0 radical (unpaired) electrons. The van der Waals surface area contributed by atoms with Crippen LogP contribution < -0.4 is 5.56 Å². The van der Waals surface area contributed by atoms with Gasteiger partial charge in [-0.2, -0.15) is 0 Å². The summed E-state index contributed by atoms with van der Waals surface area (Å²) in [5, 5.41) is 13.4. The molecular weight excluding hydrogens is 378 g/mol. The van der Waals surface area contributed by atoms with Gasteiger partial charge in [0.05, 0.1) is 21.6 Å². The van der Waals surface area contributed by atoms with Crippen molar-refractivity contribution in [3.05, 3.63) is 50.7 Å². The molecule has 0 saturated heterocycles. The van der Waals surface area contributed by atoms with E-state index in [2.05, 4.69) is 34.4 Å². The minimum Gasteiger partial charge on any atom is -0.276 e. The summed E-state index contributed by atoms with van der Waals surface area (Å²) in [5.41, 5.74) is 1.88. The standard InChI is InChI=1S/C19H21N5OS2/c1-12(2)8-9-23-17(25)15-6-4-5-7-16(15)24-18(23)21-22-19(24)27-11-14-10-26-13(3)20-14/h4-7,10,12H,8-9,11H2,1-3H3. The van der Waals surface area contributed by atoms with E-state index in [4.69, 9.17) is 0 Å². The highest BCUT2D eigenvalue weighted by Crippen LogP contribution is 2.25. The Labute approximate surface area is 165 Å². The van der Waals surface area contributed by atoms with Gasteiger partial charge in [0.25, 0.3) is 5.56 Å². The number of para-hydroxylation sites is 1. The van der Waals surface area contributed by atoms with Crippen molar-refractivity contribution in [3.8, 4) is 0 Å². The number of hydrogen-bond acceptors (Lipinski definition) is 6. The molecule has 3 heterocycles. The van der Waals surface area contributed by atoms with Crippen LogP contribution in [0.3, 0.4) is 0 Å². The highest BCUT2D eigenvalue weighted by atomic mass is 32.2. The average molecular weight is 400 g/mol. The van der Waals surface area contributed by atoms with Gasteiger partial charge in [0, 0.05) is 17.7 Å². The molecular formula is C19H21N5OS2. The van der Waals surface area contributed by atoms with Gasteiger partial charge in [0.15, 0.2) is 5.16 Å². The number of benzene rings is 1. The van der Waals surface area contributed by atoms with E-state index < -0.39 is 0 Å². The van der Waals surface area contributed by atoms with E-state index in [1.807, 2.05) is 35.6 Å². The van der Waals surface area contributed by atoms with Crippen LogP contribution in [-0.4, -0.2) is 24.1 Å². The third-order valence-corrected chi connectivity index (χ3v) is 6.21. The summed E-state index contributed by atoms with van der Waals surface area (Å²) >= 11 is 3.24. The van der Waals surface area contributed by atoms with Crippen LogP contribution >= 0.6 is 23.1 Å². The molecule has 0 saturated carbocycles. The molecule has 0 spiro atoms.